The van der Waals surface area contributed by atoms with Gasteiger partial charge in [0, 0.05) is 10.9 Å². The van der Waals surface area contributed by atoms with Gasteiger partial charge in [-0.1, -0.05) is 23.7 Å². The number of aldehydes is 1. The van der Waals surface area contributed by atoms with Crippen LogP contribution < -0.4 is 0 Å². The third-order valence-corrected chi connectivity index (χ3v) is 6.79. The maximum absolute atomic E-state index is 13.1. The molecule has 2 aromatic carbocycles. The summed E-state index contributed by atoms with van der Waals surface area (Å²) in [5, 5.41) is 8.59. The van der Waals surface area contributed by atoms with Crippen molar-refractivity contribution >= 4 is 27.7 Å². The predicted molar refractivity (Wildman–Crippen MR) is 85.7 cm³/mol. The van der Waals surface area contributed by atoms with Crippen LogP contribution >= 0.6 is 11.6 Å². The zero-order valence-electron chi connectivity index (χ0n) is 12.2. The molecule has 0 amide bonds. The molecule has 2 aromatic rings. The molecule has 0 N–H and O–H groups in total. The number of sulfone groups is 1. The van der Waals surface area contributed by atoms with Crippen molar-refractivity contribution in [1.82, 2.24) is 0 Å². The predicted octanol–water partition coefficient (Wildman–Crippen LogP) is 3.13. The number of hydrogen-bond acceptors (Lipinski definition) is 4. The Kier molecular flexibility index (Phi) is 3.94. The van der Waals surface area contributed by atoms with E-state index < -0.39 is 32.2 Å². The topological polar surface area (TPSA) is 75.0 Å². The maximum Gasteiger partial charge on any atom is 0.183 e. The molecule has 1 aliphatic carbocycles. The second-order valence-corrected chi connectivity index (χ2v) is 8.12. The summed E-state index contributed by atoms with van der Waals surface area (Å²) in [6.45, 7) is 0. The van der Waals surface area contributed by atoms with E-state index in [1.54, 1.807) is 0 Å². The average Bonchev–Trinajstić information content (AvgIpc) is 3.26. The summed E-state index contributed by atoms with van der Waals surface area (Å²) in [5.41, 5.74) is -1.23. The van der Waals surface area contributed by atoms with E-state index in [1.807, 2.05) is 6.07 Å². The Hall–Kier alpha value is -2.23. The molecule has 1 fully saturated rings. The van der Waals surface area contributed by atoms with Gasteiger partial charge < -0.3 is 4.79 Å². The van der Waals surface area contributed by atoms with Gasteiger partial charge in [-0.25, -0.2) is 12.8 Å². The molecule has 4 nitrogen and oxygen atoms in total. The van der Waals surface area contributed by atoms with Gasteiger partial charge in [0.2, 0.25) is 0 Å². The molecule has 122 valence electrons. The first kappa shape index (κ1) is 16.6. The molecule has 1 saturated carbocycles. The van der Waals surface area contributed by atoms with E-state index in [2.05, 4.69) is 0 Å². The summed E-state index contributed by atoms with van der Waals surface area (Å²) in [6.07, 6.45) is 0.374. The van der Waals surface area contributed by atoms with Crippen molar-refractivity contribution in [2.75, 3.05) is 0 Å². The normalized spacial score (nSPS) is 25.7. The zero-order valence-corrected chi connectivity index (χ0v) is 13.8. The second-order valence-electron chi connectivity index (χ2n) is 5.61. The van der Waals surface area contributed by atoms with E-state index in [4.69, 9.17) is 11.6 Å². The average molecular weight is 364 g/mol. The minimum Gasteiger partial charge on any atom is -0.302 e. The summed E-state index contributed by atoms with van der Waals surface area (Å²) in [7, 11) is -3.93. The lowest BCUT2D eigenvalue weighted by Gasteiger charge is -2.04. The molecule has 0 bridgehead atoms. The van der Waals surface area contributed by atoms with E-state index in [1.165, 1.54) is 48.5 Å². The molecule has 0 saturated heterocycles. The molecule has 0 heterocycles. The fourth-order valence-corrected chi connectivity index (χ4v) is 5.37. The van der Waals surface area contributed by atoms with Crippen molar-refractivity contribution in [3.63, 3.8) is 0 Å². The zero-order chi connectivity index (χ0) is 17.5. The molecular formula is C17H11ClFNO3S. The van der Waals surface area contributed by atoms with Crippen LogP contribution in [-0.4, -0.2) is 20.0 Å². The smallest absolute Gasteiger partial charge is 0.183 e. The maximum atomic E-state index is 13.1. The van der Waals surface area contributed by atoms with E-state index in [0.29, 0.717) is 16.9 Å². The number of nitriles is 1. The minimum atomic E-state index is -3.93. The van der Waals surface area contributed by atoms with Crippen molar-refractivity contribution in [2.45, 2.75) is 16.1 Å². The van der Waals surface area contributed by atoms with Crippen LogP contribution in [0.25, 0.3) is 0 Å². The SMILES string of the molecule is N#C[C@]1(C=O)[C@@H](c2ccc(F)cc2)[C@@H]1S(=O)(=O)c1ccc(Cl)cc1. The fraction of sp³-hybridized carbons (Fsp3) is 0.176. The highest BCUT2D eigenvalue weighted by Gasteiger charge is 2.72. The Bertz CT molecular complexity index is 935. The summed E-state index contributed by atoms with van der Waals surface area (Å²) in [6, 6.07) is 12.5. The van der Waals surface area contributed by atoms with Crippen molar-refractivity contribution in [1.29, 1.82) is 5.26 Å². The van der Waals surface area contributed by atoms with Gasteiger partial charge in [0.25, 0.3) is 0 Å². The molecular weight excluding hydrogens is 353 g/mol. The second kappa shape index (κ2) is 5.69. The van der Waals surface area contributed by atoms with Crippen LogP contribution in [0.1, 0.15) is 11.5 Å². The Balaban J connectivity index is 2.08. The lowest BCUT2D eigenvalue weighted by molar-refractivity contribution is -0.110. The minimum absolute atomic E-state index is 0.0111. The molecule has 24 heavy (non-hydrogen) atoms. The van der Waals surface area contributed by atoms with E-state index in [-0.39, 0.29) is 4.90 Å². The molecule has 0 aliphatic heterocycles. The highest BCUT2D eigenvalue weighted by Crippen LogP contribution is 2.62. The summed E-state index contributed by atoms with van der Waals surface area (Å²) >= 11 is 5.77. The summed E-state index contributed by atoms with van der Waals surface area (Å²) in [4.78, 5) is 11.5. The summed E-state index contributed by atoms with van der Waals surface area (Å²) < 4.78 is 38.8. The Morgan fingerprint density at radius 1 is 1.12 bits per heavy atom. The molecule has 0 spiro atoms. The highest BCUT2D eigenvalue weighted by atomic mass is 35.5. The standard InChI is InChI=1S/C17H11ClFNO3S/c18-12-3-7-14(8-4-12)24(22,23)16-15(17(16,9-20)10-21)11-1-5-13(19)6-2-11/h1-8,10,15-16H/t15-,16-,17-/m0/s1. The van der Waals surface area contributed by atoms with E-state index in [0.717, 1.165) is 0 Å². The number of carbonyl (C=O) groups excluding carboxylic acids is 1. The molecule has 7 heteroatoms. The Morgan fingerprint density at radius 2 is 1.71 bits per heavy atom. The van der Waals surface area contributed by atoms with Gasteiger partial charge in [-0.05, 0) is 42.0 Å². The lowest BCUT2D eigenvalue weighted by Crippen LogP contribution is -2.16. The van der Waals surface area contributed by atoms with Crippen molar-refractivity contribution in [3.05, 3.63) is 64.9 Å². The van der Waals surface area contributed by atoms with Gasteiger partial charge >= 0.3 is 0 Å². The fourth-order valence-electron chi connectivity index (χ4n) is 3.00. The van der Waals surface area contributed by atoms with Gasteiger partial charge in [0.05, 0.1) is 11.0 Å². The van der Waals surface area contributed by atoms with Crippen LogP contribution in [0.15, 0.2) is 53.4 Å². The molecule has 3 rings (SSSR count). The van der Waals surface area contributed by atoms with Crippen LogP contribution in [0.2, 0.25) is 5.02 Å². The largest absolute Gasteiger partial charge is 0.302 e. The quantitative estimate of drug-likeness (QED) is 0.782. The monoisotopic (exact) mass is 363 g/mol. The van der Waals surface area contributed by atoms with Crippen LogP contribution in [0.5, 0.6) is 0 Å². The number of nitrogens with zero attached hydrogens (tertiary/aromatic N) is 1. The molecule has 0 aromatic heterocycles. The van der Waals surface area contributed by atoms with E-state index in [9.17, 15) is 22.9 Å². The summed E-state index contributed by atoms with van der Waals surface area (Å²) in [5.74, 6) is -1.31. The van der Waals surface area contributed by atoms with Gasteiger partial charge in [-0.15, -0.1) is 0 Å². The van der Waals surface area contributed by atoms with Gasteiger partial charge in [0.15, 0.2) is 9.84 Å². The van der Waals surface area contributed by atoms with Gasteiger partial charge in [-0.3, -0.25) is 0 Å². The molecule has 3 atom stereocenters. The van der Waals surface area contributed by atoms with Gasteiger partial charge in [0.1, 0.15) is 22.8 Å². The number of benzene rings is 2. The van der Waals surface area contributed by atoms with Crippen LogP contribution in [-0.2, 0) is 14.6 Å². The van der Waals surface area contributed by atoms with Crippen molar-refractivity contribution < 1.29 is 17.6 Å². The number of hydrogen-bond donors (Lipinski definition) is 0. The number of halogens is 2. The third kappa shape index (κ3) is 2.41. The molecule has 1 aliphatic rings. The first-order valence-corrected chi connectivity index (χ1v) is 8.92. The van der Waals surface area contributed by atoms with Crippen LogP contribution in [0.3, 0.4) is 0 Å². The first-order chi connectivity index (χ1) is 11.4. The lowest BCUT2D eigenvalue weighted by atomic mass is 10.0. The van der Waals surface area contributed by atoms with Crippen molar-refractivity contribution in [2.24, 2.45) is 5.41 Å². The third-order valence-electron chi connectivity index (χ3n) is 4.27. The number of rotatable bonds is 4. The highest BCUT2D eigenvalue weighted by molar-refractivity contribution is 7.92. The van der Waals surface area contributed by atoms with E-state index >= 15 is 0 Å². The molecule has 0 unspecified atom stereocenters. The van der Waals surface area contributed by atoms with Crippen LogP contribution in [0.4, 0.5) is 4.39 Å². The molecule has 0 radical (unpaired) electrons. The van der Waals surface area contributed by atoms with Crippen LogP contribution in [0, 0.1) is 22.6 Å². The van der Waals surface area contributed by atoms with Gasteiger partial charge in [-0.2, -0.15) is 5.26 Å². The Morgan fingerprint density at radius 3 is 2.21 bits per heavy atom. The Labute approximate surface area is 143 Å². The van der Waals surface area contributed by atoms with Crippen molar-refractivity contribution in [3.8, 4) is 6.07 Å². The number of carbonyl (C=O) groups is 1. The first-order valence-electron chi connectivity index (χ1n) is 6.99.